The molecule has 2 aromatic carbocycles. The number of esters is 1. The molecule has 2 saturated heterocycles. The van der Waals surface area contributed by atoms with Gasteiger partial charge in [-0.25, -0.2) is 0 Å². The van der Waals surface area contributed by atoms with Gasteiger partial charge in [0.25, 0.3) is 0 Å². The van der Waals surface area contributed by atoms with Gasteiger partial charge in [-0.15, -0.1) is 0 Å². The van der Waals surface area contributed by atoms with Gasteiger partial charge in [0.1, 0.15) is 65.2 Å². The molecule has 0 spiro atoms. The minimum absolute atomic E-state index is 0.0977. The fourth-order valence-electron chi connectivity index (χ4n) is 5.28. The number of benzene rings is 2. The van der Waals surface area contributed by atoms with Crippen LogP contribution >= 0.6 is 0 Å². The van der Waals surface area contributed by atoms with E-state index < -0.39 is 79.4 Å². The third kappa shape index (κ3) is 6.92. The number of hydrogen-bond acceptors (Lipinski definition) is 16. The van der Waals surface area contributed by atoms with Gasteiger partial charge < -0.3 is 68.2 Å². The van der Waals surface area contributed by atoms with Gasteiger partial charge in [0.2, 0.25) is 12.0 Å². The molecule has 6 N–H and O–H groups in total. The highest BCUT2D eigenvalue weighted by Crippen LogP contribution is 2.44. The van der Waals surface area contributed by atoms with Crippen molar-refractivity contribution in [3.63, 3.8) is 0 Å². The predicted molar refractivity (Wildman–Crippen MR) is 158 cm³/mol. The van der Waals surface area contributed by atoms with E-state index in [0.717, 1.165) is 6.92 Å². The Morgan fingerprint density at radius 3 is 2.11 bits per heavy atom. The average Bonchev–Trinajstić information content (AvgIpc) is 3.05. The quantitative estimate of drug-likeness (QED) is 0.124. The second-order valence-corrected chi connectivity index (χ2v) is 11.1. The van der Waals surface area contributed by atoms with Crippen molar-refractivity contribution in [3.05, 3.63) is 46.6 Å². The molecule has 47 heavy (non-hydrogen) atoms. The van der Waals surface area contributed by atoms with Gasteiger partial charge >= 0.3 is 5.97 Å². The number of rotatable bonds is 9. The lowest BCUT2D eigenvalue weighted by atomic mass is 9.98. The summed E-state index contributed by atoms with van der Waals surface area (Å²) < 4.78 is 44.5. The molecule has 16 nitrogen and oxygen atoms in total. The van der Waals surface area contributed by atoms with Crippen LogP contribution in [-0.4, -0.2) is 119 Å². The monoisotopic (exact) mass is 664 g/mol. The number of hydrogen-bond donors (Lipinski definition) is 6. The van der Waals surface area contributed by atoms with E-state index in [0.29, 0.717) is 11.3 Å². The summed E-state index contributed by atoms with van der Waals surface area (Å²) in [6.45, 7) is 2.03. The molecule has 16 heteroatoms. The fraction of sp³-hybridized carbons (Fsp3) is 0.484. The highest BCUT2D eigenvalue weighted by Gasteiger charge is 2.47. The van der Waals surface area contributed by atoms with Crippen molar-refractivity contribution in [3.8, 4) is 34.3 Å². The van der Waals surface area contributed by atoms with Crippen molar-refractivity contribution in [2.45, 2.75) is 75.3 Å². The van der Waals surface area contributed by atoms with Gasteiger partial charge in [0.05, 0.1) is 26.9 Å². The summed E-state index contributed by atoms with van der Waals surface area (Å²) >= 11 is 0. The van der Waals surface area contributed by atoms with Crippen LogP contribution in [0.2, 0.25) is 0 Å². The normalized spacial score (nSPS) is 30.9. The standard InChI is InChI=1S/C31H36O16/c1-12-22(34)24(36)26(38)30(43-12)42-11-20-23(35)25(37)27(39)31(47-20)46-19-10-18-21(29(28(19)41-4)44-13(2)32)16(33)9-17(45-18)14-5-7-15(40-3)8-6-14/h5-10,12,20,22-27,30-31,34-39H,11H2,1-4H3/t12-,20+,22+,23-,24-,25+,26-,27-,30-,31-/m1/s1. The summed E-state index contributed by atoms with van der Waals surface area (Å²) in [5.74, 6) is -0.906. The molecule has 0 radical (unpaired) electrons. The first-order chi connectivity index (χ1) is 22.3. The molecule has 2 fully saturated rings. The van der Waals surface area contributed by atoms with Crippen molar-refractivity contribution < 1.29 is 73.0 Å². The van der Waals surface area contributed by atoms with E-state index in [4.69, 9.17) is 37.6 Å². The SMILES string of the molecule is COc1ccc(-c2cc(=O)c3c(OC(C)=O)c(OC)c(O[C@@H]4O[C@@H](CO[C@@H]5O[C@H](C)[C@H](O)[C@@H](O)[C@H]5O)[C@@H](O)[C@H](O)[C@H]4O)cc3o2)cc1. The lowest BCUT2D eigenvalue weighted by Crippen LogP contribution is -2.61. The van der Waals surface area contributed by atoms with Gasteiger partial charge in [0.15, 0.2) is 23.2 Å². The van der Waals surface area contributed by atoms with Crippen LogP contribution in [0.1, 0.15) is 13.8 Å². The zero-order chi connectivity index (χ0) is 34.2. The van der Waals surface area contributed by atoms with Crippen LogP contribution in [0.4, 0.5) is 0 Å². The van der Waals surface area contributed by atoms with Crippen LogP contribution in [0, 0.1) is 0 Å². The Bertz CT molecular complexity index is 1620. The number of carbonyl (C=O) groups is 1. The lowest BCUT2D eigenvalue weighted by Gasteiger charge is -2.42. The van der Waals surface area contributed by atoms with E-state index in [2.05, 4.69) is 0 Å². The summed E-state index contributed by atoms with van der Waals surface area (Å²) in [5.41, 5.74) is -0.159. The van der Waals surface area contributed by atoms with E-state index in [1.165, 1.54) is 33.3 Å². The molecular formula is C31H36O16. The number of methoxy groups -OCH3 is 2. The smallest absolute Gasteiger partial charge is 0.308 e. The number of fused-ring (bicyclic) bond motifs is 1. The molecule has 2 aliphatic heterocycles. The van der Waals surface area contributed by atoms with Crippen LogP contribution in [-0.2, 0) is 19.0 Å². The third-order valence-corrected chi connectivity index (χ3v) is 7.86. The minimum atomic E-state index is -1.84. The zero-order valence-corrected chi connectivity index (χ0v) is 25.7. The third-order valence-electron chi connectivity index (χ3n) is 7.86. The molecule has 0 aliphatic carbocycles. The maximum Gasteiger partial charge on any atom is 0.308 e. The summed E-state index contributed by atoms with van der Waals surface area (Å²) in [4.78, 5) is 25.4. The molecule has 0 amide bonds. The Hall–Kier alpha value is -3.84. The van der Waals surface area contributed by atoms with Crippen LogP contribution in [0.5, 0.6) is 23.0 Å². The molecule has 256 valence electrons. The summed E-state index contributed by atoms with van der Waals surface area (Å²) in [5, 5.41) is 62.1. The zero-order valence-electron chi connectivity index (χ0n) is 25.7. The Kier molecular flexibility index (Phi) is 10.4. The van der Waals surface area contributed by atoms with E-state index in [-0.39, 0.29) is 34.0 Å². The second-order valence-electron chi connectivity index (χ2n) is 11.1. The van der Waals surface area contributed by atoms with Gasteiger partial charge in [-0.3, -0.25) is 9.59 Å². The van der Waals surface area contributed by atoms with E-state index in [1.54, 1.807) is 24.3 Å². The first kappa shape index (κ1) is 34.5. The van der Waals surface area contributed by atoms with Crippen LogP contribution in [0.25, 0.3) is 22.3 Å². The minimum Gasteiger partial charge on any atom is -0.497 e. The highest BCUT2D eigenvalue weighted by molar-refractivity contribution is 5.92. The molecule has 0 bridgehead atoms. The largest absolute Gasteiger partial charge is 0.497 e. The Labute approximate surface area is 267 Å². The molecule has 2 aliphatic rings. The van der Waals surface area contributed by atoms with Crippen molar-refractivity contribution >= 4 is 16.9 Å². The van der Waals surface area contributed by atoms with Crippen LogP contribution in [0.15, 0.2) is 45.6 Å². The van der Waals surface area contributed by atoms with E-state index in [1.807, 2.05) is 0 Å². The number of carbonyl (C=O) groups excluding carboxylic acids is 1. The maximum absolute atomic E-state index is 13.4. The summed E-state index contributed by atoms with van der Waals surface area (Å²) in [7, 11) is 2.72. The van der Waals surface area contributed by atoms with Gasteiger partial charge in [-0.1, -0.05) is 0 Å². The average molecular weight is 665 g/mol. The fourth-order valence-corrected chi connectivity index (χ4v) is 5.28. The van der Waals surface area contributed by atoms with Crippen molar-refractivity contribution in [1.29, 1.82) is 0 Å². The number of aliphatic hydroxyl groups excluding tert-OH is 6. The first-order valence-electron chi connectivity index (χ1n) is 14.5. The van der Waals surface area contributed by atoms with E-state index >= 15 is 0 Å². The molecule has 10 atom stereocenters. The summed E-state index contributed by atoms with van der Waals surface area (Å²) in [6, 6.07) is 9.12. The van der Waals surface area contributed by atoms with E-state index in [9.17, 15) is 40.2 Å². The van der Waals surface area contributed by atoms with Gasteiger partial charge in [-0.05, 0) is 31.2 Å². The number of ether oxygens (including phenoxy) is 7. The Morgan fingerprint density at radius 1 is 0.809 bits per heavy atom. The highest BCUT2D eigenvalue weighted by atomic mass is 16.7. The Balaban J connectivity index is 1.47. The van der Waals surface area contributed by atoms with Crippen molar-refractivity contribution in [1.82, 2.24) is 0 Å². The molecule has 3 aromatic rings. The Morgan fingerprint density at radius 2 is 1.47 bits per heavy atom. The number of aliphatic hydroxyl groups is 6. The molecule has 5 rings (SSSR count). The maximum atomic E-state index is 13.4. The van der Waals surface area contributed by atoms with Crippen molar-refractivity contribution in [2.75, 3.05) is 20.8 Å². The topological polar surface area (TPSA) is 233 Å². The first-order valence-corrected chi connectivity index (χ1v) is 14.5. The van der Waals surface area contributed by atoms with Crippen LogP contribution < -0.4 is 24.4 Å². The molecule has 0 unspecified atom stereocenters. The molecule has 3 heterocycles. The van der Waals surface area contributed by atoms with Crippen molar-refractivity contribution in [2.24, 2.45) is 0 Å². The molecule has 0 saturated carbocycles. The predicted octanol–water partition coefficient (Wildman–Crippen LogP) is -0.567. The van der Waals surface area contributed by atoms with Crippen LogP contribution in [0.3, 0.4) is 0 Å². The molecule has 1 aromatic heterocycles. The lowest BCUT2D eigenvalue weighted by molar-refractivity contribution is -0.318. The van der Waals surface area contributed by atoms with Gasteiger partial charge in [-0.2, -0.15) is 0 Å². The molecular weight excluding hydrogens is 628 g/mol. The van der Waals surface area contributed by atoms with Gasteiger partial charge in [0, 0.05) is 24.6 Å². The summed E-state index contributed by atoms with van der Waals surface area (Å²) in [6.07, 6.45) is -15.4. The second kappa shape index (κ2) is 14.1.